The number of oxazole rings is 1. The van der Waals surface area contributed by atoms with Crippen LogP contribution < -0.4 is 0 Å². The molecule has 0 amide bonds. The fourth-order valence-electron chi connectivity index (χ4n) is 1.74. The molecule has 1 fully saturated rings. The number of carbonyl (C=O) groups is 1. The molecule has 1 aliphatic carbocycles. The van der Waals surface area contributed by atoms with Gasteiger partial charge in [-0.3, -0.25) is 0 Å². The Balaban J connectivity index is 2.03. The van der Waals surface area contributed by atoms with Crippen molar-refractivity contribution < 1.29 is 13.9 Å². The Kier molecular flexibility index (Phi) is 3.04. The maximum absolute atomic E-state index is 11.5. The van der Waals surface area contributed by atoms with Crippen LogP contribution in [0.3, 0.4) is 0 Å². The van der Waals surface area contributed by atoms with E-state index in [4.69, 9.17) is 9.15 Å². The average Bonchev–Trinajstić information content (AvgIpc) is 2.59. The zero-order valence-corrected chi connectivity index (χ0v) is 8.86. The van der Waals surface area contributed by atoms with E-state index in [9.17, 15) is 4.79 Å². The van der Waals surface area contributed by atoms with Crippen molar-refractivity contribution in [3.63, 3.8) is 0 Å². The van der Waals surface area contributed by atoms with Crippen molar-refractivity contribution in [3.05, 3.63) is 17.8 Å². The number of esters is 1. The lowest BCUT2D eigenvalue weighted by atomic mass is 9.82. The Morgan fingerprint density at radius 1 is 1.67 bits per heavy atom. The summed E-state index contributed by atoms with van der Waals surface area (Å²) < 4.78 is 10.1. The molecule has 0 radical (unpaired) electrons. The predicted octanol–water partition coefficient (Wildman–Crippen LogP) is 2.19. The van der Waals surface area contributed by atoms with Crippen molar-refractivity contribution in [3.8, 4) is 0 Å². The Morgan fingerprint density at radius 3 is 3.07 bits per heavy atom. The van der Waals surface area contributed by atoms with Crippen LogP contribution in [0.15, 0.2) is 10.8 Å². The monoisotopic (exact) mass is 209 g/mol. The van der Waals surface area contributed by atoms with Crippen molar-refractivity contribution in [2.24, 2.45) is 5.92 Å². The molecule has 0 aliphatic heterocycles. The minimum atomic E-state index is -0.374. The normalized spacial score (nSPS) is 16.1. The summed E-state index contributed by atoms with van der Waals surface area (Å²) in [5, 5.41) is 0. The van der Waals surface area contributed by atoms with E-state index >= 15 is 0 Å². The standard InChI is InChI=1S/C11H15NO3/c1-2-14-11(13)10-9(15-7-12-10)6-8-4-3-5-8/h7-8H,2-6H2,1H3. The molecule has 1 aliphatic rings. The third kappa shape index (κ3) is 2.19. The topological polar surface area (TPSA) is 52.3 Å². The summed E-state index contributed by atoms with van der Waals surface area (Å²) in [5.41, 5.74) is 0.351. The van der Waals surface area contributed by atoms with Crippen molar-refractivity contribution in [2.75, 3.05) is 6.61 Å². The van der Waals surface area contributed by atoms with E-state index < -0.39 is 0 Å². The fourth-order valence-corrected chi connectivity index (χ4v) is 1.74. The molecule has 1 aromatic rings. The van der Waals surface area contributed by atoms with Crippen LogP contribution in [0.25, 0.3) is 0 Å². The van der Waals surface area contributed by atoms with Crippen molar-refractivity contribution in [1.82, 2.24) is 4.98 Å². The maximum Gasteiger partial charge on any atom is 0.360 e. The van der Waals surface area contributed by atoms with E-state index in [1.165, 1.54) is 25.7 Å². The highest BCUT2D eigenvalue weighted by Gasteiger charge is 2.24. The minimum absolute atomic E-state index is 0.351. The van der Waals surface area contributed by atoms with E-state index in [2.05, 4.69) is 4.98 Å². The summed E-state index contributed by atoms with van der Waals surface area (Å²) in [7, 11) is 0. The quantitative estimate of drug-likeness (QED) is 0.713. The molecule has 1 heterocycles. The second-order valence-electron chi connectivity index (χ2n) is 3.85. The van der Waals surface area contributed by atoms with E-state index in [0.717, 1.165) is 6.42 Å². The molecule has 1 saturated carbocycles. The molecule has 0 aromatic carbocycles. The largest absolute Gasteiger partial charge is 0.461 e. The SMILES string of the molecule is CCOC(=O)c1ncoc1CC1CCC1. The molecule has 0 bridgehead atoms. The average molecular weight is 209 g/mol. The molecule has 82 valence electrons. The highest BCUT2D eigenvalue weighted by atomic mass is 16.5. The highest BCUT2D eigenvalue weighted by molar-refractivity contribution is 5.88. The summed E-state index contributed by atoms with van der Waals surface area (Å²) >= 11 is 0. The fraction of sp³-hybridized carbons (Fsp3) is 0.636. The lowest BCUT2D eigenvalue weighted by Crippen LogP contribution is -2.16. The van der Waals surface area contributed by atoms with Crippen LogP contribution in [-0.2, 0) is 11.2 Å². The number of nitrogens with zero attached hydrogens (tertiary/aromatic N) is 1. The van der Waals surface area contributed by atoms with Gasteiger partial charge in [0.2, 0.25) is 0 Å². The molecule has 15 heavy (non-hydrogen) atoms. The predicted molar refractivity (Wildman–Crippen MR) is 53.5 cm³/mol. The summed E-state index contributed by atoms with van der Waals surface area (Å²) in [6, 6.07) is 0. The Hall–Kier alpha value is -1.32. The van der Waals surface area contributed by atoms with Gasteiger partial charge in [-0.15, -0.1) is 0 Å². The van der Waals surface area contributed by atoms with Gasteiger partial charge in [-0.05, 0) is 12.8 Å². The van der Waals surface area contributed by atoms with Crippen molar-refractivity contribution in [2.45, 2.75) is 32.6 Å². The molecule has 4 heteroatoms. The van der Waals surface area contributed by atoms with Crippen LogP contribution >= 0.6 is 0 Å². The number of aromatic nitrogens is 1. The number of ether oxygens (including phenoxy) is 1. The molecule has 0 spiro atoms. The zero-order chi connectivity index (χ0) is 10.7. The van der Waals surface area contributed by atoms with Crippen LogP contribution in [0.2, 0.25) is 0 Å². The number of carbonyl (C=O) groups excluding carboxylic acids is 1. The van der Waals surface area contributed by atoms with Gasteiger partial charge in [-0.25, -0.2) is 9.78 Å². The lowest BCUT2D eigenvalue weighted by Gasteiger charge is -2.24. The number of rotatable bonds is 4. The Labute approximate surface area is 88.6 Å². The molecule has 0 atom stereocenters. The van der Waals surface area contributed by atoms with Gasteiger partial charge < -0.3 is 9.15 Å². The van der Waals surface area contributed by atoms with Crippen LogP contribution in [0.4, 0.5) is 0 Å². The summed E-state index contributed by atoms with van der Waals surface area (Å²) in [6.45, 7) is 2.15. The Morgan fingerprint density at radius 2 is 2.47 bits per heavy atom. The third-order valence-electron chi connectivity index (χ3n) is 2.81. The molecule has 0 N–H and O–H groups in total. The molecule has 4 nitrogen and oxygen atoms in total. The van der Waals surface area contributed by atoms with Crippen LogP contribution in [0.1, 0.15) is 42.4 Å². The highest BCUT2D eigenvalue weighted by Crippen LogP contribution is 2.30. The van der Waals surface area contributed by atoms with Crippen LogP contribution in [0, 0.1) is 5.92 Å². The molecule has 2 rings (SSSR count). The first-order valence-corrected chi connectivity index (χ1v) is 5.40. The van der Waals surface area contributed by atoms with Gasteiger partial charge in [0, 0.05) is 6.42 Å². The first-order valence-electron chi connectivity index (χ1n) is 5.40. The van der Waals surface area contributed by atoms with E-state index in [0.29, 0.717) is 24.0 Å². The van der Waals surface area contributed by atoms with Gasteiger partial charge in [0.1, 0.15) is 5.76 Å². The summed E-state index contributed by atoms with van der Waals surface area (Å²) in [5.74, 6) is 0.963. The molecular formula is C11H15NO3. The van der Waals surface area contributed by atoms with E-state index in [-0.39, 0.29) is 5.97 Å². The first kappa shape index (κ1) is 10.2. The van der Waals surface area contributed by atoms with Gasteiger partial charge in [0.05, 0.1) is 6.61 Å². The van der Waals surface area contributed by atoms with Crippen molar-refractivity contribution >= 4 is 5.97 Å². The Bertz CT molecular complexity index is 341. The maximum atomic E-state index is 11.5. The number of hydrogen-bond acceptors (Lipinski definition) is 4. The van der Waals surface area contributed by atoms with Crippen molar-refractivity contribution in [1.29, 1.82) is 0 Å². The number of hydrogen-bond donors (Lipinski definition) is 0. The smallest absolute Gasteiger partial charge is 0.360 e. The van der Waals surface area contributed by atoms with E-state index in [1.54, 1.807) is 6.92 Å². The molecular weight excluding hydrogens is 194 g/mol. The van der Waals surface area contributed by atoms with E-state index in [1.807, 2.05) is 0 Å². The summed E-state index contributed by atoms with van der Waals surface area (Å²) in [4.78, 5) is 15.4. The molecule has 0 unspecified atom stereocenters. The second kappa shape index (κ2) is 4.47. The van der Waals surface area contributed by atoms with Gasteiger partial charge in [-0.2, -0.15) is 0 Å². The second-order valence-corrected chi connectivity index (χ2v) is 3.85. The van der Waals surface area contributed by atoms with Gasteiger partial charge in [0.15, 0.2) is 12.1 Å². The molecule has 1 aromatic heterocycles. The third-order valence-corrected chi connectivity index (χ3v) is 2.81. The first-order chi connectivity index (χ1) is 7.31. The van der Waals surface area contributed by atoms with Crippen LogP contribution in [0.5, 0.6) is 0 Å². The lowest BCUT2D eigenvalue weighted by molar-refractivity contribution is 0.0517. The van der Waals surface area contributed by atoms with Gasteiger partial charge >= 0.3 is 5.97 Å². The minimum Gasteiger partial charge on any atom is -0.461 e. The molecule has 0 saturated heterocycles. The van der Waals surface area contributed by atoms with Gasteiger partial charge in [-0.1, -0.05) is 19.3 Å². The van der Waals surface area contributed by atoms with Crippen LogP contribution in [-0.4, -0.2) is 17.6 Å². The zero-order valence-electron chi connectivity index (χ0n) is 8.86. The van der Waals surface area contributed by atoms with Gasteiger partial charge in [0.25, 0.3) is 0 Å². The summed E-state index contributed by atoms with van der Waals surface area (Å²) in [6.07, 6.45) is 5.87.